The first-order valence-electron chi connectivity index (χ1n) is 6.55. The smallest absolute Gasteiger partial charge is 0.0761 e. The predicted octanol–water partition coefficient (Wildman–Crippen LogP) is 4.32. The quantitative estimate of drug-likeness (QED) is 0.822. The summed E-state index contributed by atoms with van der Waals surface area (Å²) in [6.07, 6.45) is 0. The minimum absolute atomic E-state index is 0.173. The molecule has 2 N–H and O–H groups in total. The second-order valence-corrected chi connectivity index (χ2v) is 6.78. The molecule has 0 spiro atoms. The van der Waals surface area contributed by atoms with E-state index in [-0.39, 0.29) is 11.3 Å². The number of hydrogen-bond donors (Lipinski definition) is 1. The Kier molecular flexibility index (Phi) is 4.55. The number of thiocarbonyl (C=S) groups is 1. The highest BCUT2D eigenvalue weighted by Crippen LogP contribution is 2.31. The van der Waals surface area contributed by atoms with Crippen molar-refractivity contribution in [2.24, 2.45) is 11.7 Å². The van der Waals surface area contributed by atoms with Crippen LogP contribution in [0.15, 0.2) is 18.2 Å². The van der Waals surface area contributed by atoms with Gasteiger partial charge in [-0.25, -0.2) is 0 Å². The Morgan fingerprint density at radius 1 is 1.22 bits per heavy atom. The molecule has 1 aromatic carbocycles. The van der Waals surface area contributed by atoms with Crippen LogP contribution in [0.1, 0.15) is 57.2 Å². The summed E-state index contributed by atoms with van der Waals surface area (Å²) in [4.78, 5) is 0.598. The van der Waals surface area contributed by atoms with Crippen molar-refractivity contribution < 1.29 is 0 Å². The molecule has 100 valence electrons. The zero-order valence-electron chi connectivity index (χ0n) is 12.4. The lowest BCUT2D eigenvalue weighted by molar-refractivity contribution is 0.578. The largest absolute Gasteiger partial charge is 0.393 e. The maximum Gasteiger partial charge on any atom is 0.0761 e. The Morgan fingerprint density at radius 2 is 1.78 bits per heavy atom. The maximum absolute atomic E-state index is 5.76. The van der Waals surface area contributed by atoms with Crippen molar-refractivity contribution in [1.82, 2.24) is 0 Å². The van der Waals surface area contributed by atoms with Crippen LogP contribution in [-0.4, -0.2) is 4.99 Å². The molecule has 0 heterocycles. The minimum Gasteiger partial charge on any atom is -0.393 e. The van der Waals surface area contributed by atoms with Gasteiger partial charge in [0.1, 0.15) is 0 Å². The molecule has 2 heteroatoms. The van der Waals surface area contributed by atoms with Crippen molar-refractivity contribution >= 4 is 17.2 Å². The van der Waals surface area contributed by atoms with E-state index < -0.39 is 0 Å². The van der Waals surface area contributed by atoms with Crippen molar-refractivity contribution in [3.63, 3.8) is 0 Å². The summed E-state index contributed by atoms with van der Waals surface area (Å²) in [5.41, 5.74) is 10.0. The summed E-state index contributed by atoms with van der Waals surface area (Å²) in [7, 11) is 0. The monoisotopic (exact) mass is 263 g/mol. The third kappa shape index (κ3) is 3.32. The van der Waals surface area contributed by atoms with Gasteiger partial charge in [-0.3, -0.25) is 0 Å². The molecule has 0 aliphatic heterocycles. The Morgan fingerprint density at radius 3 is 2.22 bits per heavy atom. The van der Waals surface area contributed by atoms with Crippen LogP contribution in [0.3, 0.4) is 0 Å². The van der Waals surface area contributed by atoms with Gasteiger partial charge in [-0.1, -0.05) is 65.0 Å². The number of nitrogens with two attached hydrogens (primary N) is 1. The van der Waals surface area contributed by atoms with Gasteiger partial charge in [0.05, 0.1) is 4.99 Å². The summed E-state index contributed by atoms with van der Waals surface area (Å²) in [6.45, 7) is 13.2. The zero-order valence-corrected chi connectivity index (χ0v) is 13.2. The van der Waals surface area contributed by atoms with Gasteiger partial charge in [0, 0.05) is 5.92 Å². The van der Waals surface area contributed by atoms with Crippen molar-refractivity contribution in [2.75, 3.05) is 0 Å². The molecule has 0 aliphatic carbocycles. The third-order valence-electron chi connectivity index (χ3n) is 3.79. The second-order valence-electron chi connectivity index (χ2n) is 6.30. The van der Waals surface area contributed by atoms with Gasteiger partial charge in [0.15, 0.2) is 0 Å². The van der Waals surface area contributed by atoms with E-state index in [0.717, 1.165) is 0 Å². The SMILES string of the molecule is Cc1ccc(C(C)C(C)C(N)=S)cc1C(C)(C)C. The molecule has 0 radical (unpaired) electrons. The molecule has 0 bridgehead atoms. The van der Waals surface area contributed by atoms with Crippen LogP contribution in [-0.2, 0) is 5.41 Å². The van der Waals surface area contributed by atoms with Crippen molar-refractivity contribution in [1.29, 1.82) is 0 Å². The van der Waals surface area contributed by atoms with Gasteiger partial charge >= 0.3 is 0 Å². The van der Waals surface area contributed by atoms with Gasteiger partial charge < -0.3 is 5.73 Å². The molecule has 0 aromatic heterocycles. The summed E-state index contributed by atoms with van der Waals surface area (Å²) in [5.74, 6) is 0.597. The Labute approximate surface area is 117 Å². The normalized spacial score (nSPS) is 15.2. The lowest BCUT2D eigenvalue weighted by atomic mass is 9.80. The van der Waals surface area contributed by atoms with Gasteiger partial charge in [0.2, 0.25) is 0 Å². The molecule has 1 aromatic rings. The summed E-state index contributed by atoms with van der Waals surface area (Å²) in [6, 6.07) is 6.72. The number of hydrogen-bond acceptors (Lipinski definition) is 1. The topological polar surface area (TPSA) is 26.0 Å². The highest BCUT2D eigenvalue weighted by Gasteiger charge is 2.21. The zero-order chi connectivity index (χ0) is 14.1. The average Bonchev–Trinajstić information content (AvgIpc) is 2.26. The molecule has 2 unspecified atom stereocenters. The molecule has 0 aliphatic rings. The average molecular weight is 263 g/mol. The Hall–Kier alpha value is -0.890. The van der Waals surface area contributed by atoms with Crippen LogP contribution < -0.4 is 5.73 Å². The molecule has 0 saturated carbocycles. The van der Waals surface area contributed by atoms with Crippen molar-refractivity contribution in [2.45, 2.75) is 52.9 Å². The fourth-order valence-corrected chi connectivity index (χ4v) is 2.47. The number of benzene rings is 1. The predicted molar refractivity (Wildman–Crippen MR) is 84.2 cm³/mol. The van der Waals surface area contributed by atoms with Gasteiger partial charge in [0.25, 0.3) is 0 Å². The molecule has 1 nitrogen and oxygen atoms in total. The molecule has 18 heavy (non-hydrogen) atoms. The maximum atomic E-state index is 5.76. The second kappa shape index (κ2) is 5.40. The van der Waals surface area contributed by atoms with Crippen LogP contribution >= 0.6 is 12.2 Å². The fraction of sp³-hybridized carbons (Fsp3) is 0.562. The Bertz CT molecular complexity index is 443. The lowest BCUT2D eigenvalue weighted by Gasteiger charge is -2.25. The first-order chi connectivity index (χ1) is 8.14. The molecule has 2 atom stereocenters. The highest BCUT2D eigenvalue weighted by atomic mass is 32.1. The van der Waals surface area contributed by atoms with E-state index in [1.54, 1.807) is 0 Å². The van der Waals surface area contributed by atoms with Gasteiger partial charge in [-0.2, -0.15) is 0 Å². The van der Waals surface area contributed by atoms with Gasteiger partial charge in [-0.05, 0) is 34.9 Å². The molecule has 0 fully saturated rings. The number of rotatable bonds is 3. The summed E-state index contributed by atoms with van der Waals surface area (Å²) < 4.78 is 0. The summed E-state index contributed by atoms with van der Waals surface area (Å²) in [5, 5.41) is 0. The first-order valence-corrected chi connectivity index (χ1v) is 6.95. The molecular formula is C16H25NS. The minimum atomic E-state index is 0.173. The van der Waals surface area contributed by atoms with Crippen molar-refractivity contribution in [3.05, 3.63) is 34.9 Å². The van der Waals surface area contributed by atoms with Gasteiger partial charge in [-0.15, -0.1) is 0 Å². The third-order valence-corrected chi connectivity index (χ3v) is 4.17. The lowest BCUT2D eigenvalue weighted by Crippen LogP contribution is -2.23. The Balaban J connectivity index is 3.17. The van der Waals surface area contributed by atoms with Crippen LogP contribution in [0.4, 0.5) is 0 Å². The standard InChI is InChI=1S/C16H25NS/c1-10-7-8-13(9-14(10)16(4,5)6)11(2)12(3)15(17)18/h7-9,11-12H,1-6H3,(H2,17,18). The van der Waals surface area contributed by atoms with Crippen molar-refractivity contribution in [3.8, 4) is 0 Å². The van der Waals surface area contributed by atoms with E-state index in [1.807, 2.05) is 0 Å². The molecule has 0 saturated heterocycles. The van der Waals surface area contributed by atoms with E-state index in [1.165, 1.54) is 16.7 Å². The van der Waals surface area contributed by atoms with Crippen LogP contribution in [0.25, 0.3) is 0 Å². The van der Waals surface area contributed by atoms with E-state index in [9.17, 15) is 0 Å². The molecular weight excluding hydrogens is 238 g/mol. The van der Waals surface area contributed by atoms with Crippen LogP contribution in [0.5, 0.6) is 0 Å². The summed E-state index contributed by atoms with van der Waals surface area (Å²) >= 11 is 5.10. The van der Waals surface area contributed by atoms with E-state index >= 15 is 0 Å². The molecule has 1 rings (SSSR count). The fourth-order valence-electron chi connectivity index (χ4n) is 2.27. The number of aryl methyl sites for hydroxylation is 1. The van der Waals surface area contributed by atoms with Crippen LogP contribution in [0, 0.1) is 12.8 Å². The van der Waals surface area contributed by atoms with Crippen LogP contribution in [0.2, 0.25) is 0 Å². The highest BCUT2D eigenvalue weighted by molar-refractivity contribution is 7.80. The first kappa shape index (κ1) is 15.2. The van der Waals surface area contributed by atoms with E-state index in [4.69, 9.17) is 18.0 Å². The van der Waals surface area contributed by atoms with E-state index in [2.05, 4.69) is 59.7 Å². The van der Waals surface area contributed by atoms with E-state index in [0.29, 0.717) is 10.9 Å². The molecule has 0 amide bonds.